The molecule has 1 unspecified atom stereocenters. The van der Waals surface area contributed by atoms with E-state index in [9.17, 15) is 4.79 Å². The summed E-state index contributed by atoms with van der Waals surface area (Å²) in [6.07, 6.45) is 2.26. The standard InChI is InChI=1S/C13H14Br3NO/c14-5-3-9-4-6-17(8-9)13(18)11-7-10(15)1-2-12(11)16/h1-2,7,9H,3-6,8H2. The molecule has 5 heteroatoms. The Morgan fingerprint density at radius 2 is 2.17 bits per heavy atom. The summed E-state index contributed by atoms with van der Waals surface area (Å²) in [6, 6.07) is 5.71. The van der Waals surface area contributed by atoms with Crippen LogP contribution in [0.25, 0.3) is 0 Å². The molecule has 1 aliphatic rings. The maximum Gasteiger partial charge on any atom is 0.255 e. The van der Waals surface area contributed by atoms with Crippen LogP contribution >= 0.6 is 47.8 Å². The molecule has 2 rings (SSSR count). The molecular weight excluding hydrogens is 426 g/mol. The molecule has 1 saturated heterocycles. The van der Waals surface area contributed by atoms with Crippen LogP contribution in [0.5, 0.6) is 0 Å². The molecule has 0 aromatic heterocycles. The van der Waals surface area contributed by atoms with Crippen molar-refractivity contribution in [1.82, 2.24) is 4.90 Å². The van der Waals surface area contributed by atoms with Gasteiger partial charge in [-0.05, 0) is 52.9 Å². The Kier molecular flexibility index (Phi) is 5.27. The van der Waals surface area contributed by atoms with Gasteiger partial charge in [0.1, 0.15) is 0 Å². The van der Waals surface area contributed by atoms with E-state index in [1.165, 1.54) is 0 Å². The van der Waals surface area contributed by atoms with Gasteiger partial charge in [-0.15, -0.1) is 0 Å². The molecule has 2 nitrogen and oxygen atoms in total. The fourth-order valence-corrected chi connectivity index (χ4v) is 3.66. The summed E-state index contributed by atoms with van der Waals surface area (Å²) in [5.41, 5.74) is 0.740. The maximum absolute atomic E-state index is 12.4. The lowest BCUT2D eigenvalue weighted by Crippen LogP contribution is -2.29. The highest BCUT2D eigenvalue weighted by Gasteiger charge is 2.27. The minimum absolute atomic E-state index is 0.125. The van der Waals surface area contributed by atoms with E-state index in [-0.39, 0.29) is 5.91 Å². The Hall–Kier alpha value is 0.130. The van der Waals surface area contributed by atoms with Gasteiger partial charge in [0.05, 0.1) is 5.56 Å². The van der Waals surface area contributed by atoms with Crippen LogP contribution in [0.4, 0.5) is 0 Å². The van der Waals surface area contributed by atoms with Gasteiger partial charge < -0.3 is 4.90 Å². The van der Waals surface area contributed by atoms with Crippen molar-refractivity contribution in [2.24, 2.45) is 5.92 Å². The smallest absolute Gasteiger partial charge is 0.255 e. The van der Waals surface area contributed by atoms with E-state index in [2.05, 4.69) is 47.8 Å². The zero-order chi connectivity index (χ0) is 13.1. The topological polar surface area (TPSA) is 20.3 Å². The van der Waals surface area contributed by atoms with Crippen LogP contribution in [0.1, 0.15) is 23.2 Å². The summed E-state index contributed by atoms with van der Waals surface area (Å²) < 4.78 is 1.80. The second-order valence-electron chi connectivity index (χ2n) is 4.51. The first kappa shape index (κ1) is 14.5. The fraction of sp³-hybridized carbons (Fsp3) is 0.462. The number of rotatable bonds is 3. The van der Waals surface area contributed by atoms with E-state index in [1.807, 2.05) is 23.1 Å². The highest BCUT2D eigenvalue weighted by Crippen LogP contribution is 2.26. The summed E-state index contributed by atoms with van der Waals surface area (Å²) in [7, 11) is 0. The van der Waals surface area contributed by atoms with Gasteiger partial charge in [0, 0.05) is 27.4 Å². The molecule has 1 atom stereocenters. The van der Waals surface area contributed by atoms with E-state index in [0.29, 0.717) is 5.92 Å². The molecule has 18 heavy (non-hydrogen) atoms. The molecule has 0 bridgehead atoms. The summed E-state index contributed by atoms with van der Waals surface area (Å²) in [5, 5.41) is 1.01. The Balaban J connectivity index is 2.10. The van der Waals surface area contributed by atoms with Crippen LogP contribution in [0.2, 0.25) is 0 Å². The second-order valence-corrected chi connectivity index (χ2v) is 7.07. The van der Waals surface area contributed by atoms with Crippen LogP contribution in [-0.2, 0) is 0 Å². The Bertz CT molecular complexity index is 450. The third-order valence-corrected chi connectivity index (χ3v) is 4.89. The quantitative estimate of drug-likeness (QED) is 0.637. The van der Waals surface area contributed by atoms with Gasteiger partial charge >= 0.3 is 0 Å². The summed E-state index contributed by atoms with van der Waals surface area (Å²) in [5.74, 6) is 0.763. The Morgan fingerprint density at radius 1 is 1.39 bits per heavy atom. The van der Waals surface area contributed by atoms with Gasteiger partial charge in [-0.3, -0.25) is 4.79 Å². The van der Waals surface area contributed by atoms with Crippen molar-refractivity contribution in [1.29, 1.82) is 0 Å². The number of amides is 1. The van der Waals surface area contributed by atoms with Gasteiger partial charge in [0.15, 0.2) is 0 Å². The molecule has 0 saturated carbocycles. The van der Waals surface area contributed by atoms with Crippen molar-refractivity contribution in [3.05, 3.63) is 32.7 Å². The van der Waals surface area contributed by atoms with Crippen molar-refractivity contribution < 1.29 is 4.79 Å². The first-order valence-electron chi connectivity index (χ1n) is 5.92. The zero-order valence-electron chi connectivity index (χ0n) is 9.83. The number of alkyl halides is 1. The lowest BCUT2D eigenvalue weighted by molar-refractivity contribution is 0.0786. The molecule has 98 valence electrons. The van der Waals surface area contributed by atoms with Crippen LogP contribution in [0.3, 0.4) is 0 Å². The number of hydrogen-bond donors (Lipinski definition) is 0. The van der Waals surface area contributed by atoms with E-state index in [1.54, 1.807) is 0 Å². The minimum Gasteiger partial charge on any atom is -0.338 e. The molecule has 1 aromatic carbocycles. The van der Waals surface area contributed by atoms with Gasteiger partial charge in [-0.25, -0.2) is 0 Å². The second kappa shape index (κ2) is 6.53. The van der Waals surface area contributed by atoms with Crippen LogP contribution in [0.15, 0.2) is 27.1 Å². The summed E-state index contributed by atoms with van der Waals surface area (Å²) in [4.78, 5) is 14.4. The van der Waals surface area contributed by atoms with Gasteiger partial charge in [-0.1, -0.05) is 31.9 Å². The SMILES string of the molecule is O=C(c1cc(Br)ccc1Br)N1CCC(CCBr)C1. The van der Waals surface area contributed by atoms with Gasteiger partial charge in [0.2, 0.25) is 0 Å². The first-order chi connectivity index (χ1) is 8.61. The number of hydrogen-bond acceptors (Lipinski definition) is 1. The predicted octanol–water partition coefficient (Wildman–Crippen LogP) is 4.46. The normalized spacial score (nSPS) is 19.3. The van der Waals surface area contributed by atoms with Crippen molar-refractivity contribution in [3.63, 3.8) is 0 Å². The number of likely N-dealkylation sites (tertiary alicyclic amines) is 1. The Labute approximate surface area is 133 Å². The van der Waals surface area contributed by atoms with Gasteiger partial charge in [-0.2, -0.15) is 0 Å². The third kappa shape index (κ3) is 3.36. The molecule has 1 fully saturated rings. The number of nitrogens with zero attached hydrogens (tertiary/aromatic N) is 1. The monoisotopic (exact) mass is 437 g/mol. The van der Waals surface area contributed by atoms with Crippen LogP contribution in [0, 0.1) is 5.92 Å². The molecule has 1 aliphatic heterocycles. The number of carbonyl (C=O) groups excluding carboxylic acids is 1. The van der Waals surface area contributed by atoms with E-state index in [4.69, 9.17) is 0 Å². The molecule has 1 aromatic rings. The fourth-order valence-electron chi connectivity index (χ4n) is 2.24. The van der Waals surface area contributed by atoms with Crippen molar-refractivity contribution in [2.45, 2.75) is 12.8 Å². The van der Waals surface area contributed by atoms with E-state index >= 15 is 0 Å². The van der Waals surface area contributed by atoms with Crippen molar-refractivity contribution in [3.8, 4) is 0 Å². The van der Waals surface area contributed by atoms with Crippen molar-refractivity contribution >= 4 is 53.7 Å². The molecule has 1 amide bonds. The van der Waals surface area contributed by atoms with Gasteiger partial charge in [0.25, 0.3) is 5.91 Å². The van der Waals surface area contributed by atoms with E-state index in [0.717, 1.165) is 45.8 Å². The maximum atomic E-state index is 12.4. The average Bonchev–Trinajstić information content (AvgIpc) is 2.80. The molecule has 1 heterocycles. The largest absolute Gasteiger partial charge is 0.338 e. The lowest BCUT2D eigenvalue weighted by Gasteiger charge is -2.17. The number of carbonyl (C=O) groups is 1. The first-order valence-corrected chi connectivity index (χ1v) is 8.63. The van der Waals surface area contributed by atoms with Crippen molar-refractivity contribution in [2.75, 3.05) is 18.4 Å². The number of benzene rings is 1. The zero-order valence-corrected chi connectivity index (χ0v) is 14.6. The molecule has 0 N–H and O–H groups in total. The minimum atomic E-state index is 0.125. The average molecular weight is 440 g/mol. The molecule has 0 aliphatic carbocycles. The Morgan fingerprint density at radius 3 is 2.89 bits per heavy atom. The van der Waals surface area contributed by atoms with E-state index < -0.39 is 0 Å². The van der Waals surface area contributed by atoms with Crippen LogP contribution in [-0.4, -0.2) is 29.2 Å². The highest BCUT2D eigenvalue weighted by atomic mass is 79.9. The lowest BCUT2D eigenvalue weighted by atomic mass is 10.1. The van der Waals surface area contributed by atoms with Crippen LogP contribution < -0.4 is 0 Å². The molecule has 0 spiro atoms. The highest BCUT2D eigenvalue weighted by molar-refractivity contribution is 9.11. The molecule has 0 radical (unpaired) electrons. The number of halogens is 3. The predicted molar refractivity (Wildman–Crippen MR) is 84.3 cm³/mol. The molecular formula is C13H14Br3NO. The third-order valence-electron chi connectivity index (χ3n) is 3.25. The summed E-state index contributed by atoms with van der Waals surface area (Å²) in [6.45, 7) is 1.75. The summed E-state index contributed by atoms with van der Waals surface area (Å²) >= 11 is 10.3.